The number of benzene rings is 2. The van der Waals surface area contributed by atoms with E-state index in [1.807, 2.05) is 55.5 Å². The summed E-state index contributed by atoms with van der Waals surface area (Å²) in [5, 5.41) is 8.92. The van der Waals surface area contributed by atoms with Gasteiger partial charge in [0.15, 0.2) is 11.5 Å². The molecule has 2 aromatic rings. The van der Waals surface area contributed by atoms with Gasteiger partial charge in [0, 0.05) is 12.6 Å². The van der Waals surface area contributed by atoms with Gasteiger partial charge in [-0.05, 0) is 43.0 Å². The van der Waals surface area contributed by atoms with Crippen LogP contribution >= 0.6 is 0 Å². The first kappa shape index (κ1) is 17.3. The molecule has 124 valence electrons. The Bertz CT molecular complexity index is 586. The molecule has 0 amide bonds. The zero-order chi connectivity index (χ0) is 16.5. The molecule has 0 aliphatic heterocycles. The Hall–Kier alpha value is -2.04. The van der Waals surface area contributed by atoms with E-state index >= 15 is 0 Å². The number of aliphatic hydroxyl groups is 1. The molecular weight excluding hydrogens is 290 g/mol. The van der Waals surface area contributed by atoms with E-state index in [0.29, 0.717) is 31.1 Å². The van der Waals surface area contributed by atoms with Gasteiger partial charge in [-0.3, -0.25) is 0 Å². The van der Waals surface area contributed by atoms with Gasteiger partial charge in [-0.2, -0.15) is 0 Å². The van der Waals surface area contributed by atoms with Crippen molar-refractivity contribution in [3.05, 3.63) is 59.7 Å². The van der Waals surface area contributed by atoms with Crippen LogP contribution in [-0.4, -0.2) is 18.3 Å². The third kappa shape index (κ3) is 5.27. The van der Waals surface area contributed by atoms with Gasteiger partial charge < -0.3 is 20.3 Å². The summed E-state index contributed by atoms with van der Waals surface area (Å²) in [4.78, 5) is 0. The molecule has 0 spiro atoms. The van der Waals surface area contributed by atoms with E-state index < -0.39 is 0 Å². The van der Waals surface area contributed by atoms with Gasteiger partial charge in [0.2, 0.25) is 0 Å². The smallest absolute Gasteiger partial charge is 0.161 e. The van der Waals surface area contributed by atoms with Crippen molar-refractivity contribution in [3.63, 3.8) is 0 Å². The Labute approximate surface area is 137 Å². The van der Waals surface area contributed by atoms with Crippen LogP contribution in [0.3, 0.4) is 0 Å². The number of hydrogen-bond donors (Lipinski definition) is 2. The van der Waals surface area contributed by atoms with Crippen molar-refractivity contribution >= 4 is 0 Å². The fourth-order valence-corrected chi connectivity index (χ4v) is 2.36. The fourth-order valence-electron chi connectivity index (χ4n) is 2.36. The fraction of sp³-hybridized carbons (Fsp3) is 0.368. The molecule has 0 saturated carbocycles. The molecule has 4 heteroatoms. The molecule has 0 aliphatic carbocycles. The van der Waals surface area contributed by atoms with Crippen LogP contribution in [-0.2, 0) is 6.61 Å². The van der Waals surface area contributed by atoms with Gasteiger partial charge in [-0.25, -0.2) is 0 Å². The van der Waals surface area contributed by atoms with Crippen LogP contribution in [0.25, 0.3) is 0 Å². The summed E-state index contributed by atoms with van der Waals surface area (Å²) >= 11 is 0. The molecule has 3 N–H and O–H groups in total. The zero-order valence-electron chi connectivity index (χ0n) is 13.6. The highest BCUT2D eigenvalue weighted by Gasteiger charge is 2.11. The molecule has 0 radical (unpaired) electrons. The molecule has 2 aromatic carbocycles. The maximum atomic E-state index is 8.92. The normalized spacial score (nSPS) is 12.0. The average molecular weight is 315 g/mol. The quantitative estimate of drug-likeness (QED) is 0.744. The van der Waals surface area contributed by atoms with Gasteiger partial charge in [0.05, 0.1) is 6.61 Å². The second-order valence-corrected chi connectivity index (χ2v) is 5.39. The molecule has 1 atom stereocenters. The van der Waals surface area contributed by atoms with E-state index in [1.165, 1.54) is 0 Å². The van der Waals surface area contributed by atoms with E-state index in [2.05, 4.69) is 0 Å². The van der Waals surface area contributed by atoms with Gasteiger partial charge in [0.1, 0.15) is 6.61 Å². The molecule has 0 saturated heterocycles. The number of hydrogen-bond acceptors (Lipinski definition) is 4. The van der Waals surface area contributed by atoms with Crippen LogP contribution in [0.5, 0.6) is 11.5 Å². The highest BCUT2D eigenvalue weighted by Crippen LogP contribution is 2.31. The van der Waals surface area contributed by atoms with Crippen LogP contribution in [0, 0.1) is 0 Å². The van der Waals surface area contributed by atoms with E-state index in [4.69, 9.17) is 20.3 Å². The Morgan fingerprint density at radius 3 is 2.52 bits per heavy atom. The first-order valence-corrected chi connectivity index (χ1v) is 8.04. The lowest BCUT2D eigenvalue weighted by molar-refractivity contribution is 0.268. The lowest BCUT2D eigenvalue weighted by Crippen LogP contribution is -2.11. The molecular formula is C19H25NO3. The minimum absolute atomic E-state index is 0.107. The maximum absolute atomic E-state index is 8.92. The highest BCUT2D eigenvalue weighted by atomic mass is 16.5. The van der Waals surface area contributed by atoms with Crippen molar-refractivity contribution in [1.29, 1.82) is 0 Å². The van der Waals surface area contributed by atoms with E-state index in [-0.39, 0.29) is 12.6 Å². The maximum Gasteiger partial charge on any atom is 0.161 e. The van der Waals surface area contributed by atoms with E-state index in [0.717, 1.165) is 17.5 Å². The predicted octanol–water partition coefficient (Wildman–Crippen LogP) is 3.44. The Balaban J connectivity index is 2.09. The van der Waals surface area contributed by atoms with Crippen molar-refractivity contribution in [1.82, 2.24) is 0 Å². The topological polar surface area (TPSA) is 64.7 Å². The standard InChI is InChI=1S/C19H25NO3/c1-2-22-19-13-16(17(20)9-6-12-21)10-11-18(19)23-14-15-7-4-3-5-8-15/h3-5,7-8,10-11,13,17,21H,2,6,9,12,14,20H2,1H3/t17-/m1/s1. The van der Waals surface area contributed by atoms with Crippen LogP contribution in [0.2, 0.25) is 0 Å². The van der Waals surface area contributed by atoms with Crippen LogP contribution in [0.15, 0.2) is 48.5 Å². The third-order valence-corrected chi connectivity index (χ3v) is 3.61. The number of nitrogens with two attached hydrogens (primary N) is 1. The Morgan fingerprint density at radius 2 is 1.83 bits per heavy atom. The van der Waals surface area contributed by atoms with Gasteiger partial charge >= 0.3 is 0 Å². The number of aliphatic hydroxyl groups excluding tert-OH is 1. The van der Waals surface area contributed by atoms with Crippen molar-refractivity contribution < 1.29 is 14.6 Å². The van der Waals surface area contributed by atoms with E-state index in [9.17, 15) is 0 Å². The largest absolute Gasteiger partial charge is 0.490 e. The predicted molar refractivity (Wildman–Crippen MR) is 91.6 cm³/mol. The van der Waals surface area contributed by atoms with Crippen molar-refractivity contribution in [2.24, 2.45) is 5.73 Å². The van der Waals surface area contributed by atoms with Crippen molar-refractivity contribution in [3.8, 4) is 11.5 Å². The monoisotopic (exact) mass is 315 g/mol. The average Bonchev–Trinajstić information content (AvgIpc) is 2.59. The molecule has 2 rings (SSSR count). The van der Waals surface area contributed by atoms with Crippen LogP contribution in [0.1, 0.15) is 36.9 Å². The summed E-state index contributed by atoms with van der Waals surface area (Å²) in [6, 6.07) is 15.7. The molecule has 0 aliphatic rings. The zero-order valence-corrected chi connectivity index (χ0v) is 13.6. The molecule has 4 nitrogen and oxygen atoms in total. The molecule has 0 unspecified atom stereocenters. The first-order valence-electron chi connectivity index (χ1n) is 8.04. The van der Waals surface area contributed by atoms with Crippen LogP contribution < -0.4 is 15.2 Å². The van der Waals surface area contributed by atoms with Crippen molar-refractivity contribution in [2.45, 2.75) is 32.4 Å². The second kappa shape index (κ2) is 9.18. The minimum atomic E-state index is -0.107. The van der Waals surface area contributed by atoms with Gasteiger partial charge in [-0.15, -0.1) is 0 Å². The molecule has 23 heavy (non-hydrogen) atoms. The molecule has 0 aromatic heterocycles. The van der Waals surface area contributed by atoms with Crippen LogP contribution in [0.4, 0.5) is 0 Å². The number of ether oxygens (including phenoxy) is 2. The summed E-state index contributed by atoms with van der Waals surface area (Å²) in [7, 11) is 0. The van der Waals surface area contributed by atoms with Crippen molar-refractivity contribution in [2.75, 3.05) is 13.2 Å². The second-order valence-electron chi connectivity index (χ2n) is 5.39. The summed E-state index contributed by atoms with van der Waals surface area (Å²) < 4.78 is 11.6. The number of rotatable bonds is 9. The summed E-state index contributed by atoms with van der Waals surface area (Å²) in [6.07, 6.45) is 1.43. The minimum Gasteiger partial charge on any atom is -0.490 e. The Morgan fingerprint density at radius 1 is 1.04 bits per heavy atom. The summed E-state index contributed by atoms with van der Waals surface area (Å²) in [5.74, 6) is 1.43. The first-order chi connectivity index (χ1) is 11.2. The van der Waals surface area contributed by atoms with Gasteiger partial charge in [0.25, 0.3) is 0 Å². The highest BCUT2D eigenvalue weighted by molar-refractivity contribution is 5.44. The lowest BCUT2D eigenvalue weighted by atomic mass is 10.0. The summed E-state index contributed by atoms with van der Waals surface area (Å²) in [5.41, 5.74) is 8.26. The Kier molecular flexibility index (Phi) is 6.91. The SMILES string of the molecule is CCOc1cc([C@H](N)CCCO)ccc1OCc1ccccc1. The van der Waals surface area contributed by atoms with E-state index in [1.54, 1.807) is 0 Å². The molecule has 0 fully saturated rings. The molecule has 0 bridgehead atoms. The summed E-state index contributed by atoms with van der Waals surface area (Å²) in [6.45, 7) is 3.16. The third-order valence-electron chi connectivity index (χ3n) is 3.61. The van der Waals surface area contributed by atoms with Gasteiger partial charge in [-0.1, -0.05) is 36.4 Å². The molecule has 0 heterocycles. The lowest BCUT2D eigenvalue weighted by Gasteiger charge is -2.16.